The molecule has 0 spiro atoms. The lowest BCUT2D eigenvalue weighted by atomic mass is 10.1. The second kappa shape index (κ2) is 8.21. The molecular formula is C19H17Br2Cl2N3O. The Hall–Kier alpha value is -0.920. The molecule has 1 N–H and O–H groups in total. The number of fused-ring (bicyclic) bond motifs is 2. The lowest BCUT2D eigenvalue weighted by Gasteiger charge is -2.16. The predicted octanol–water partition coefficient (Wildman–Crippen LogP) is 6.26. The molecule has 1 aliphatic rings. The van der Waals surface area contributed by atoms with Crippen molar-refractivity contribution in [2.75, 3.05) is 0 Å². The molecule has 8 heteroatoms. The first-order valence-corrected chi connectivity index (χ1v) is 10.5. The number of aromatic nitrogens is 2. The molecule has 3 aromatic rings. The van der Waals surface area contributed by atoms with Crippen LogP contribution in [-0.4, -0.2) is 26.7 Å². The Labute approximate surface area is 184 Å². The Morgan fingerprint density at radius 1 is 1.11 bits per heavy atom. The number of halogens is 4. The van der Waals surface area contributed by atoms with Gasteiger partial charge in [-0.05, 0) is 69.5 Å². The summed E-state index contributed by atoms with van der Waals surface area (Å²) in [4.78, 5) is 4.12. The Kier molecular flexibility index (Phi) is 6.33. The maximum Gasteiger partial charge on any atom is 0.0939 e. The van der Waals surface area contributed by atoms with Gasteiger partial charge in [0.15, 0.2) is 0 Å². The molecule has 0 bridgehead atoms. The second-order valence-corrected chi connectivity index (χ2v) is 9.30. The van der Waals surface area contributed by atoms with E-state index in [2.05, 4.69) is 42.0 Å². The van der Waals surface area contributed by atoms with Crippen molar-refractivity contribution >= 4 is 72.2 Å². The second-order valence-electron chi connectivity index (χ2n) is 6.84. The van der Waals surface area contributed by atoms with E-state index in [1.165, 1.54) is 5.56 Å². The van der Waals surface area contributed by atoms with Gasteiger partial charge in [-0.1, -0.05) is 29.3 Å². The van der Waals surface area contributed by atoms with Crippen LogP contribution in [-0.2, 0) is 13.1 Å². The standard InChI is InChI=1S/C11H12BrClN2O.C8H5BrClN/c1-11(2,16)6-15-5-7-9(14-15)4-3-8(12)10(7)13;9-7-2-1-5-3-11-4-6(5)8(7)10/h3-5,16H,6H2,1-2H3;1-2,4H,3H2. The quantitative estimate of drug-likeness (QED) is 0.423. The van der Waals surface area contributed by atoms with E-state index in [-0.39, 0.29) is 0 Å². The molecular weight excluding hydrogens is 517 g/mol. The van der Waals surface area contributed by atoms with E-state index >= 15 is 0 Å². The molecule has 0 saturated heterocycles. The minimum atomic E-state index is -0.786. The van der Waals surface area contributed by atoms with E-state index in [4.69, 9.17) is 23.2 Å². The van der Waals surface area contributed by atoms with Gasteiger partial charge in [0.25, 0.3) is 0 Å². The molecule has 4 rings (SSSR count). The zero-order valence-corrected chi connectivity index (χ0v) is 19.4. The number of nitrogens with zero attached hydrogens (tertiary/aromatic N) is 3. The lowest BCUT2D eigenvalue weighted by molar-refractivity contribution is 0.0580. The Morgan fingerprint density at radius 3 is 2.48 bits per heavy atom. The fourth-order valence-electron chi connectivity index (χ4n) is 2.68. The van der Waals surface area contributed by atoms with Gasteiger partial charge in [0.05, 0.1) is 34.3 Å². The first-order chi connectivity index (χ1) is 12.7. The summed E-state index contributed by atoms with van der Waals surface area (Å²) in [7, 11) is 0. The van der Waals surface area contributed by atoms with Crippen molar-refractivity contribution in [3.8, 4) is 0 Å². The summed E-state index contributed by atoms with van der Waals surface area (Å²) in [5, 5.41) is 16.4. The Bertz CT molecular complexity index is 1030. The summed E-state index contributed by atoms with van der Waals surface area (Å²) >= 11 is 18.9. The number of aliphatic hydroxyl groups is 1. The van der Waals surface area contributed by atoms with Crippen LogP contribution in [0.1, 0.15) is 25.0 Å². The first-order valence-electron chi connectivity index (χ1n) is 8.16. The summed E-state index contributed by atoms with van der Waals surface area (Å²) in [6.07, 6.45) is 3.67. The SMILES string of the molecule is CC(C)(O)Cn1cc2c(Cl)c(Br)ccc2n1.Clc1c(Br)ccc2c1C=NC2. The molecule has 1 aliphatic heterocycles. The van der Waals surface area contributed by atoms with E-state index in [9.17, 15) is 5.11 Å². The van der Waals surface area contributed by atoms with Crippen LogP contribution in [0.3, 0.4) is 0 Å². The summed E-state index contributed by atoms with van der Waals surface area (Å²) in [6, 6.07) is 7.76. The van der Waals surface area contributed by atoms with Gasteiger partial charge in [-0.25, -0.2) is 0 Å². The number of rotatable bonds is 2. The summed E-state index contributed by atoms with van der Waals surface area (Å²) in [5.41, 5.74) is 2.31. The van der Waals surface area contributed by atoms with Crippen LogP contribution < -0.4 is 0 Å². The van der Waals surface area contributed by atoms with Gasteiger partial charge in [0, 0.05) is 32.3 Å². The van der Waals surface area contributed by atoms with Crippen molar-refractivity contribution in [1.29, 1.82) is 0 Å². The molecule has 0 atom stereocenters. The summed E-state index contributed by atoms with van der Waals surface area (Å²) < 4.78 is 3.50. The maximum atomic E-state index is 9.72. The van der Waals surface area contributed by atoms with Crippen LogP contribution >= 0.6 is 55.1 Å². The van der Waals surface area contributed by atoms with Gasteiger partial charge < -0.3 is 5.11 Å². The minimum Gasteiger partial charge on any atom is -0.389 e. The average Bonchev–Trinajstić information content (AvgIpc) is 3.21. The van der Waals surface area contributed by atoms with E-state index in [1.54, 1.807) is 18.5 Å². The minimum absolute atomic E-state index is 0.440. The third-order valence-corrected chi connectivity index (χ3v) is 6.47. The molecule has 0 amide bonds. The number of hydrogen-bond acceptors (Lipinski definition) is 3. The van der Waals surface area contributed by atoms with Crippen LogP contribution in [0.2, 0.25) is 10.0 Å². The topological polar surface area (TPSA) is 50.4 Å². The van der Waals surface area contributed by atoms with Crippen molar-refractivity contribution < 1.29 is 5.11 Å². The Morgan fingerprint density at radius 2 is 1.78 bits per heavy atom. The third-order valence-electron chi connectivity index (χ3n) is 3.88. The molecule has 0 fully saturated rings. The average molecular weight is 534 g/mol. The van der Waals surface area contributed by atoms with Gasteiger partial charge in [0.2, 0.25) is 0 Å². The molecule has 142 valence electrons. The highest BCUT2D eigenvalue weighted by Gasteiger charge is 2.15. The molecule has 1 aromatic heterocycles. The van der Waals surface area contributed by atoms with Gasteiger partial charge in [-0.3, -0.25) is 9.67 Å². The monoisotopic (exact) mass is 531 g/mol. The van der Waals surface area contributed by atoms with Crippen LogP contribution in [0.15, 0.2) is 44.4 Å². The number of benzene rings is 2. The van der Waals surface area contributed by atoms with Crippen LogP contribution in [0, 0.1) is 0 Å². The third kappa shape index (κ3) is 4.93. The molecule has 0 radical (unpaired) electrons. The number of hydrogen-bond donors (Lipinski definition) is 1. The van der Waals surface area contributed by atoms with Crippen molar-refractivity contribution in [3.05, 3.63) is 60.6 Å². The fraction of sp³-hybridized carbons (Fsp3) is 0.263. The molecule has 2 aromatic carbocycles. The Balaban J connectivity index is 0.000000166. The zero-order valence-electron chi connectivity index (χ0n) is 14.7. The summed E-state index contributed by atoms with van der Waals surface area (Å²) in [6.45, 7) is 4.70. The van der Waals surface area contributed by atoms with Crippen LogP contribution in [0.25, 0.3) is 10.9 Å². The first kappa shape index (κ1) is 20.8. The van der Waals surface area contributed by atoms with Crippen molar-refractivity contribution in [1.82, 2.24) is 9.78 Å². The largest absolute Gasteiger partial charge is 0.389 e. The van der Waals surface area contributed by atoms with Gasteiger partial charge >= 0.3 is 0 Å². The smallest absolute Gasteiger partial charge is 0.0939 e. The molecule has 0 unspecified atom stereocenters. The lowest BCUT2D eigenvalue weighted by Crippen LogP contribution is -2.26. The van der Waals surface area contributed by atoms with Gasteiger partial charge in [-0.2, -0.15) is 5.10 Å². The molecule has 0 aliphatic carbocycles. The van der Waals surface area contributed by atoms with Crippen LogP contribution in [0.5, 0.6) is 0 Å². The van der Waals surface area contributed by atoms with Gasteiger partial charge in [-0.15, -0.1) is 0 Å². The fourth-order valence-corrected chi connectivity index (χ4v) is 3.81. The highest BCUT2D eigenvalue weighted by atomic mass is 79.9. The highest BCUT2D eigenvalue weighted by Crippen LogP contribution is 2.31. The van der Waals surface area contributed by atoms with E-state index in [0.717, 1.165) is 37.0 Å². The normalized spacial score (nSPS) is 12.9. The molecule has 0 saturated carbocycles. The summed E-state index contributed by atoms with van der Waals surface area (Å²) in [5.74, 6) is 0. The highest BCUT2D eigenvalue weighted by molar-refractivity contribution is 9.10. The molecule has 27 heavy (non-hydrogen) atoms. The molecule has 2 heterocycles. The van der Waals surface area contributed by atoms with E-state index in [1.807, 2.05) is 36.7 Å². The maximum absolute atomic E-state index is 9.72. The predicted molar refractivity (Wildman–Crippen MR) is 119 cm³/mol. The van der Waals surface area contributed by atoms with E-state index in [0.29, 0.717) is 11.6 Å². The van der Waals surface area contributed by atoms with E-state index < -0.39 is 5.60 Å². The van der Waals surface area contributed by atoms with Crippen molar-refractivity contribution in [2.24, 2.45) is 4.99 Å². The molecule has 4 nitrogen and oxygen atoms in total. The van der Waals surface area contributed by atoms with Crippen molar-refractivity contribution in [3.63, 3.8) is 0 Å². The zero-order chi connectivity index (χ0) is 19.8. The van der Waals surface area contributed by atoms with Crippen LogP contribution in [0.4, 0.5) is 0 Å². The van der Waals surface area contributed by atoms with Crippen molar-refractivity contribution in [2.45, 2.75) is 32.5 Å². The van der Waals surface area contributed by atoms with Gasteiger partial charge in [0.1, 0.15) is 0 Å². The number of aliphatic imine (C=N–C) groups is 1.